The third kappa shape index (κ3) is 3.30. The van der Waals surface area contributed by atoms with Crippen LogP contribution in [0.3, 0.4) is 0 Å². The van der Waals surface area contributed by atoms with Crippen molar-refractivity contribution in [3.63, 3.8) is 0 Å². The number of rotatable bonds is 1. The smallest absolute Gasteiger partial charge is 0.332 e. The van der Waals surface area contributed by atoms with Crippen molar-refractivity contribution < 1.29 is 4.92 Å². The van der Waals surface area contributed by atoms with Gasteiger partial charge in [0.2, 0.25) is 0 Å². The van der Waals surface area contributed by atoms with E-state index in [2.05, 4.69) is 9.97 Å². The van der Waals surface area contributed by atoms with Gasteiger partial charge in [-0.1, -0.05) is 24.3 Å². The molecule has 124 valence electrons. The molecule has 2 N–H and O–H groups in total. The van der Waals surface area contributed by atoms with E-state index in [4.69, 9.17) is 0 Å². The highest BCUT2D eigenvalue weighted by Crippen LogP contribution is 2.10. The number of benzene rings is 2. The minimum absolute atomic E-state index is 0.0688. The van der Waals surface area contributed by atoms with Crippen molar-refractivity contribution in [1.29, 1.82) is 0 Å². The molecule has 2 aromatic carbocycles. The summed E-state index contributed by atoms with van der Waals surface area (Å²) >= 11 is 0. The van der Waals surface area contributed by atoms with Crippen molar-refractivity contribution in [2.75, 3.05) is 0 Å². The molecular weight excluding hydrogens is 322 g/mol. The molecule has 0 saturated heterocycles. The van der Waals surface area contributed by atoms with Crippen LogP contribution in [0.25, 0.3) is 21.8 Å². The number of nitrogens with zero attached hydrogens (tertiary/aromatic N) is 1. The van der Waals surface area contributed by atoms with Gasteiger partial charge >= 0.3 is 5.69 Å². The zero-order valence-electron chi connectivity index (χ0n) is 12.9. The summed E-state index contributed by atoms with van der Waals surface area (Å²) in [6.45, 7) is 0. The van der Waals surface area contributed by atoms with Gasteiger partial charge in [0.15, 0.2) is 5.43 Å². The van der Waals surface area contributed by atoms with Crippen LogP contribution in [0.4, 0.5) is 5.69 Å². The fourth-order valence-corrected chi connectivity index (χ4v) is 2.41. The van der Waals surface area contributed by atoms with Crippen molar-refractivity contribution in [2.24, 2.45) is 0 Å². The Bertz CT molecular complexity index is 1170. The number of pyridine rings is 2. The van der Waals surface area contributed by atoms with E-state index in [1.807, 2.05) is 24.3 Å². The predicted octanol–water partition coefficient (Wildman–Crippen LogP) is 2.96. The van der Waals surface area contributed by atoms with E-state index < -0.39 is 16.0 Å². The maximum absolute atomic E-state index is 11.5. The molecule has 2 heterocycles. The third-order valence-corrected chi connectivity index (χ3v) is 3.63. The molecule has 0 aliphatic heterocycles. The Balaban J connectivity index is 0.000000150. The van der Waals surface area contributed by atoms with Gasteiger partial charge in [0.1, 0.15) is 0 Å². The first-order valence-corrected chi connectivity index (χ1v) is 7.39. The van der Waals surface area contributed by atoms with Gasteiger partial charge in [-0.3, -0.25) is 19.7 Å². The number of para-hydroxylation sites is 2. The molecule has 0 aliphatic rings. The molecular formula is C18H13N3O4. The summed E-state index contributed by atoms with van der Waals surface area (Å²) < 4.78 is 0. The van der Waals surface area contributed by atoms with Crippen LogP contribution in [0.15, 0.2) is 76.6 Å². The summed E-state index contributed by atoms with van der Waals surface area (Å²) in [6, 6.07) is 15.7. The lowest BCUT2D eigenvalue weighted by atomic mass is 10.2. The van der Waals surface area contributed by atoms with E-state index in [-0.39, 0.29) is 5.43 Å². The number of hydrogen-bond acceptors (Lipinski definition) is 4. The van der Waals surface area contributed by atoms with Crippen LogP contribution in [0, 0.1) is 10.1 Å². The predicted molar refractivity (Wildman–Crippen MR) is 95.8 cm³/mol. The number of nitrogens with one attached hydrogen (secondary N) is 2. The Morgan fingerprint density at radius 3 is 2.04 bits per heavy atom. The summed E-state index contributed by atoms with van der Waals surface area (Å²) in [5.41, 5.74) is 0.579. The van der Waals surface area contributed by atoms with E-state index in [0.717, 1.165) is 17.1 Å². The fraction of sp³-hybridized carbons (Fsp3) is 0. The standard InChI is InChI=1S/C9H6N2O3.C9H7NO/c12-9-6-3-1-2-4-7(6)10-5-8(9)11(13)14;11-9-5-6-10-8-4-2-1-3-7(8)9/h1-5H,(H,10,12);1-6H,(H,10,11). The van der Waals surface area contributed by atoms with E-state index in [1.54, 1.807) is 30.5 Å². The highest BCUT2D eigenvalue weighted by molar-refractivity contribution is 5.80. The Morgan fingerprint density at radius 2 is 1.40 bits per heavy atom. The van der Waals surface area contributed by atoms with Crippen molar-refractivity contribution in [2.45, 2.75) is 0 Å². The molecule has 0 fully saturated rings. The first-order valence-electron chi connectivity index (χ1n) is 7.39. The maximum Gasteiger partial charge on any atom is 0.332 e. The number of H-pyrrole nitrogens is 2. The van der Waals surface area contributed by atoms with Crippen molar-refractivity contribution in [3.8, 4) is 0 Å². The summed E-state index contributed by atoms with van der Waals surface area (Å²) in [4.78, 5) is 38.1. The molecule has 0 amide bonds. The lowest BCUT2D eigenvalue weighted by molar-refractivity contribution is -0.386. The molecule has 0 saturated carbocycles. The van der Waals surface area contributed by atoms with Crippen LogP contribution in [-0.4, -0.2) is 14.9 Å². The van der Waals surface area contributed by atoms with Gasteiger partial charge in [-0.05, 0) is 24.3 Å². The quantitative estimate of drug-likeness (QED) is 0.411. The summed E-state index contributed by atoms with van der Waals surface area (Å²) in [6.07, 6.45) is 2.77. The van der Waals surface area contributed by atoms with Crippen LogP contribution in [0.1, 0.15) is 0 Å². The van der Waals surface area contributed by atoms with Gasteiger partial charge in [0.05, 0.1) is 16.5 Å². The second kappa shape index (κ2) is 6.79. The summed E-state index contributed by atoms with van der Waals surface area (Å²) in [5.74, 6) is 0. The maximum atomic E-state index is 11.5. The topological polar surface area (TPSA) is 109 Å². The molecule has 0 unspecified atom stereocenters. The molecule has 0 atom stereocenters. The molecule has 0 aliphatic carbocycles. The van der Waals surface area contributed by atoms with Crippen LogP contribution < -0.4 is 10.9 Å². The van der Waals surface area contributed by atoms with Gasteiger partial charge in [-0.15, -0.1) is 0 Å². The highest BCUT2D eigenvalue weighted by Gasteiger charge is 2.13. The first kappa shape index (κ1) is 16.1. The van der Waals surface area contributed by atoms with Gasteiger partial charge in [-0.25, -0.2) is 0 Å². The van der Waals surface area contributed by atoms with Crippen molar-refractivity contribution >= 4 is 27.5 Å². The lowest BCUT2D eigenvalue weighted by Gasteiger charge is -1.95. The summed E-state index contributed by atoms with van der Waals surface area (Å²) in [5, 5.41) is 11.5. The van der Waals surface area contributed by atoms with Gasteiger partial charge in [-0.2, -0.15) is 0 Å². The Hall–Kier alpha value is -3.74. The van der Waals surface area contributed by atoms with Crippen molar-refractivity contribution in [1.82, 2.24) is 9.97 Å². The number of aromatic nitrogens is 2. The molecule has 25 heavy (non-hydrogen) atoms. The normalized spacial score (nSPS) is 10.2. The second-order valence-corrected chi connectivity index (χ2v) is 5.19. The van der Waals surface area contributed by atoms with Gasteiger partial charge in [0, 0.05) is 28.7 Å². The average molecular weight is 335 g/mol. The number of aromatic amines is 2. The van der Waals surface area contributed by atoms with Gasteiger partial charge < -0.3 is 9.97 Å². The molecule has 4 aromatic rings. The Morgan fingerprint density at radius 1 is 0.800 bits per heavy atom. The molecule has 7 heteroatoms. The Kier molecular flexibility index (Phi) is 4.38. The molecule has 0 spiro atoms. The van der Waals surface area contributed by atoms with Crippen LogP contribution in [0.2, 0.25) is 0 Å². The molecule has 4 rings (SSSR count). The number of nitro groups is 1. The molecule has 0 bridgehead atoms. The molecule has 7 nitrogen and oxygen atoms in total. The van der Waals surface area contributed by atoms with E-state index in [9.17, 15) is 19.7 Å². The van der Waals surface area contributed by atoms with E-state index in [0.29, 0.717) is 10.9 Å². The average Bonchev–Trinajstić information content (AvgIpc) is 2.63. The van der Waals surface area contributed by atoms with Crippen LogP contribution >= 0.6 is 0 Å². The lowest BCUT2D eigenvalue weighted by Crippen LogP contribution is -2.08. The number of fused-ring (bicyclic) bond motifs is 2. The van der Waals surface area contributed by atoms with E-state index in [1.165, 1.54) is 6.07 Å². The largest absolute Gasteiger partial charge is 0.361 e. The SMILES string of the molecule is O=c1c([N+](=O)[O-])c[nH]c2ccccc12.O=c1cc[nH]c2ccccc12. The fourth-order valence-electron chi connectivity index (χ4n) is 2.41. The zero-order chi connectivity index (χ0) is 17.8. The monoisotopic (exact) mass is 335 g/mol. The van der Waals surface area contributed by atoms with Crippen LogP contribution in [0.5, 0.6) is 0 Å². The minimum Gasteiger partial charge on any atom is -0.361 e. The second-order valence-electron chi connectivity index (χ2n) is 5.19. The van der Waals surface area contributed by atoms with Crippen LogP contribution in [-0.2, 0) is 0 Å². The summed E-state index contributed by atoms with van der Waals surface area (Å²) in [7, 11) is 0. The molecule has 2 aromatic heterocycles. The first-order chi connectivity index (χ1) is 12.1. The molecule has 0 radical (unpaired) electrons. The minimum atomic E-state index is -0.689. The third-order valence-electron chi connectivity index (χ3n) is 3.63. The zero-order valence-corrected chi connectivity index (χ0v) is 12.9. The van der Waals surface area contributed by atoms with E-state index >= 15 is 0 Å². The van der Waals surface area contributed by atoms with Crippen molar-refractivity contribution in [3.05, 3.63) is 97.6 Å². The highest BCUT2D eigenvalue weighted by atomic mass is 16.6. The Labute approximate surface area is 140 Å². The van der Waals surface area contributed by atoms with Gasteiger partial charge in [0.25, 0.3) is 5.43 Å². The number of hydrogen-bond donors (Lipinski definition) is 2.